The van der Waals surface area contributed by atoms with Crippen molar-refractivity contribution in [2.75, 3.05) is 6.61 Å². The minimum absolute atomic E-state index is 0.312. The second kappa shape index (κ2) is 3.67. The summed E-state index contributed by atoms with van der Waals surface area (Å²) in [6.45, 7) is 5.19. The molecular formula is C8H11FO3. The molecule has 1 aliphatic rings. The van der Waals surface area contributed by atoms with Crippen LogP contribution in [0.1, 0.15) is 6.92 Å². The van der Waals surface area contributed by atoms with Crippen molar-refractivity contribution in [1.29, 1.82) is 0 Å². The van der Waals surface area contributed by atoms with Crippen LogP contribution in [0.15, 0.2) is 12.7 Å². The molecule has 0 saturated carbocycles. The number of esters is 1. The number of halogens is 1. The zero-order valence-corrected chi connectivity index (χ0v) is 6.83. The fourth-order valence-corrected chi connectivity index (χ4v) is 0.947. The first kappa shape index (κ1) is 9.19. The first-order valence-electron chi connectivity index (χ1n) is 3.74. The molecule has 3 atom stereocenters. The lowest BCUT2D eigenvalue weighted by Crippen LogP contribution is -2.44. The first-order valence-corrected chi connectivity index (χ1v) is 3.74. The topological polar surface area (TPSA) is 35.5 Å². The van der Waals surface area contributed by atoms with Crippen LogP contribution in [0, 0.1) is 5.92 Å². The Balaban J connectivity index is 2.32. The molecule has 12 heavy (non-hydrogen) atoms. The molecule has 1 fully saturated rings. The Morgan fingerprint density at radius 1 is 1.92 bits per heavy atom. The van der Waals surface area contributed by atoms with Gasteiger partial charge in [0.15, 0.2) is 0 Å². The Bertz CT molecular complexity index is 193. The molecular weight excluding hydrogens is 163 g/mol. The van der Waals surface area contributed by atoms with Gasteiger partial charge in [0.1, 0.15) is 6.10 Å². The molecule has 0 bridgehead atoms. The van der Waals surface area contributed by atoms with Crippen molar-refractivity contribution < 1.29 is 18.7 Å². The van der Waals surface area contributed by atoms with Crippen LogP contribution in [0.5, 0.6) is 0 Å². The molecule has 1 rings (SSSR count). The molecule has 0 amide bonds. The predicted molar refractivity (Wildman–Crippen MR) is 40.1 cm³/mol. The molecule has 0 aromatic heterocycles. The molecule has 3 nitrogen and oxygen atoms in total. The highest BCUT2D eigenvalue weighted by Crippen LogP contribution is 2.26. The lowest BCUT2D eigenvalue weighted by atomic mass is 10.0. The van der Waals surface area contributed by atoms with Crippen LogP contribution in [0.3, 0.4) is 0 Å². The smallest absolute Gasteiger partial charge is 0.330 e. The van der Waals surface area contributed by atoms with Gasteiger partial charge in [0.25, 0.3) is 0 Å². The highest BCUT2D eigenvalue weighted by Gasteiger charge is 2.38. The molecule has 0 spiro atoms. The quantitative estimate of drug-likeness (QED) is 0.474. The van der Waals surface area contributed by atoms with Crippen molar-refractivity contribution in [1.82, 2.24) is 0 Å². The van der Waals surface area contributed by atoms with Gasteiger partial charge in [-0.1, -0.05) is 6.58 Å². The summed E-state index contributed by atoms with van der Waals surface area (Å²) < 4.78 is 21.8. The molecule has 1 heterocycles. The van der Waals surface area contributed by atoms with Gasteiger partial charge in [-0.2, -0.15) is 0 Å². The summed E-state index contributed by atoms with van der Waals surface area (Å²) >= 11 is 0. The SMILES string of the molecule is C=CC(=O)OC(C)C1COC1F. The number of carbonyl (C=O) groups is 1. The van der Waals surface area contributed by atoms with Gasteiger partial charge in [0.2, 0.25) is 6.36 Å². The Morgan fingerprint density at radius 3 is 2.92 bits per heavy atom. The summed E-state index contributed by atoms with van der Waals surface area (Å²) in [5.41, 5.74) is 0. The number of alkyl halides is 1. The molecule has 3 unspecified atom stereocenters. The van der Waals surface area contributed by atoms with E-state index in [9.17, 15) is 9.18 Å². The van der Waals surface area contributed by atoms with E-state index in [1.54, 1.807) is 6.92 Å². The van der Waals surface area contributed by atoms with Gasteiger partial charge in [-0.15, -0.1) is 0 Å². The molecule has 1 saturated heterocycles. The third-order valence-electron chi connectivity index (χ3n) is 1.86. The summed E-state index contributed by atoms with van der Waals surface area (Å²) in [5.74, 6) is -0.851. The minimum Gasteiger partial charge on any atom is -0.459 e. The van der Waals surface area contributed by atoms with Crippen LogP contribution >= 0.6 is 0 Å². The first-order chi connectivity index (χ1) is 5.65. The van der Waals surface area contributed by atoms with Gasteiger partial charge in [-0.25, -0.2) is 9.18 Å². The minimum atomic E-state index is -1.29. The second-order valence-corrected chi connectivity index (χ2v) is 2.69. The summed E-state index contributed by atoms with van der Waals surface area (Å²) in [5, 5.41) is 0. The largest absolute Gasteiger partial charge is 0.459 e. The van der Waals surface area contributed by atoms with Crippen LogP contribution in [-0.4, -0.2) is 25.0 Å². The van der Waals surface area contributed by atoms with Crippen molar-refractivity contribution in [2.24, 2.45) is 5.92 Å². The molecule has 68 valence electrons. The van der Waals surface area contributed by atoms with E-state index in [-0.39, 0.29) is 5.92 Å². The third kappa shape index (κ3) is 1.82. The van der Waals surface area contributed by atoms with Gasteiger partial charge >= 0.3 is 5.97 Å². The summed E-state index contributed by atoms with van der Waals surface area (Å²) in [6, 6.07) is 0. The van der Waals surface area contributed by atoms with E-state index in [0.29, 0.717) is 6.61 Å². The maximum atomic E-state index is 12.5. The maximum absolute atomic E-state index is 12.5. The Labute approximate surface area is 70.2 Å². The fraction of sp³-hybridized carbons (Fsp3) is 0.625. The Hall–Kier alpha value is -0.900. The fourth-order valence-electron chi connectivity index (χ4n) is 0.947. The Kier molecular flexibility index (Phi) is 2.81. The van der Waals surface area contributed by atoms with Crippen LogP contribution in [0.4, 0.5) is 4.39 Å². The average molecular weight is 174 g/mol. The highest BCUT2D eigenvalue weighted by atomic mass is 19.1. The van der Waals surface area contributed by atoms with Gasteiger partial charge in [-0.05, 0) is 6.92 Å². The molecule has 0 aromatic carbocycles. The van der Waals surface area contributed by atoms with E-state index >= 15 is 0 Å². The second-order valence-electron chi connectivity index (χ2n) is 2.69. The number of ether oxygens (including phenoxy) is 2. The molecule has 1 aliphatic heterocycles. The van der Waals surface area contributed by atoms with Gasteiger partial charge in [0, 0.05) is 6.08 Å². The van der Waals surface area contributed by atoms with Gasteiger partial charge < -0.3 is 9.47 Å². The molecule has 0 radical (unpaired) electrons. The monoisotopic (exact) mass is 174 g/mol. The van der Waals surface area contributed by atoms with Crippen molar-refractivity contribution in [2.45, 2.75) is 19.4 Å². The Morgan fingerprint density at radius 2 is 2.58 bits per heavy atom. The third-order valence-corrected chi connectivity index (χ3v) is 1.86. The average Bonchev–Trinajstić information content (AvgIpc) is 2.01. The summed E-state index contributed by atoms with van der Waals surface area (Å²) in [6.07, 6.45) is -0.680. The standard InChI is InChI=1S/C8H11FO3/c1-3-7(10)12-5(2)6-4-11-8(6)9/h3,5-6,8H,1,4H2,2H3. The lowest BCUT2D eigenvalue weighted by Gasteiger charge is -2.34. The van der Waals surface area contributed by atoms with Gasteiger partial charge in [-0.3, -0.25) is 0 Å². The number of rotatable bonds is 3. The zero-order valence-electron chi connectivity index (χ0n) is 6.83. The van der Waals surface area contributed by atoms with E-state index < -0.39 is 18.4 Å². The molecule has 0 aliphatic carbocycles. The van der Waals surface area contributed by atoms with Crippen molar-refractivity contribution in [3.05, 3.63) is 12.7 Å². The maximum Gasteiger partial charge on any atom is 0.330 e. The molecule has 0 aromatic rings. The van der Waals surface area contributed by atoms with Crippen LogP contribution in [0.2, 0.25) is 0 Å². The van der Waals surface area contributed by atoms with Crippen LogP contribution in [-0.2, 0) is 14.3 Å². The van der Waals surface area contributed by atoms with E-state index in [1.165, 1.54) is 0 Å². The van der Waals surface area contributed by atoms with E-state index in [0.717, 1.165) is 6.08 Å². The van der Waals surface area contributed by atoms with Crippen molar-refractivity contribution in [3.8, 4) is 0 Å². The highest BCUT2D eigenvalue weighted by molar-refractivity contribution is 5.81. The predicted octanol–water partition coefficient (Wildman–Crippen LogP) is 1.05. The van der Waals surface area contributed by atoms with Crippen molar-refractivity contribution >= 4 is 5.97 Å². The van der Waals surface area contributed by atoms with E-state index in [1.807, 2.05) is 0 Å². The normalized spacial score (nSPS) is 30.2. The lowest BCUT2D eigenvalue weighted by molar-refractivity contribution is -0.221. The van der Waals surface area contributed by atoms with Crippen molar-refractivity contribution in [3.63, 3.8) is 0 Å². The number of carbonyl (C=O) groups excluding carboxylic acids is 1. The van der Waals surface area contributed by atoms with Gasteiger partial charge in [0.05, 0.1) is 12.5 Å². The molecule has 0 N–H and O–H groups in total. The number of hydrogen-bond donors (Lipinski definition) is 0. The van der Waals surface area contributed by atoms with Crippen LogP contribution < -0.4 is 0 Å². The summed E-state index contributed by atoms with van der Waals surface area (Å²) in [4.78, 5) is 10.7. The van der Waals surface area contributed by atoms with E-state index in [4.69, 9.17) is 4.74 Å². The molecule has 4 heteroatoms. The van der Waals surface area contributed by atoms with E-state index in [2.05, 4.69) is 11.3 Å². The zero-order chi connectivity index (χ0) is 9.14. The number of hydrogen-bond acceptors (Lipinski definition) is 3. The van der Waals surface area contributed by atoms with Crippen LogP contribution in [0.25, 0.3) is 0 Å². The summed E-state index contributed by atoms with van der Waals surface area (Å²) in [7, 11) is 0.